The Morgan fingerprint density at radius 2 is 1.94 bits per heavy atom. The van der Waals surface area contributed by atoms with Gasteiger partial charge in [-0.2, -0.15) is 0 Å². The molecule has 0 aromatic heterocycles. The second kappa shape index (κ2) is 6.41. The van der Waals surface area contributed by atoms with Crippen LogP contribution >= 0.6 is 11.6 Å². The van der Waals surface area contributed by atoms with Gasteiger partial charge in [-0.05, 0) is 31.7 Å². The van der Waals surface area contributed by atoms with Gasteiger partial charge in [-0.1, -0.05) is 17.7 Å². The van der Waals surface area contributed by atoms with Crippen LogP contribution in [0, 0.1) is 6.92 Å². The Balaban J connectivity index is 1.95. The summed E-state index contributed by atoms with van der Waals surface area (Å²) >= 11 is 6.18. The first-order valence-electron chi connectivity index (χ1n) is 6.59. The molecule has 0 saturated carbocycles. The van der Waals surface area contributed by atoms with Gasteiger partial charge in [-0.25, -0.2) is 0 Å². The lowest BCUT2D eigenvalue weighted by Gasteiger charge is -2.36. The standard InChI is InChI=1S/C14H22ClN3/c1-12-13(15)4-3-5-14(12)18-10-8-17(9-11-18)7-6-16-2/h3-5,16H,6-11H2,1-2H3. The van der Waals surface area contributed by atoms with Crippen LogP contribution in [0.1, 0.15) is 5.56 Å². The second-order valence-electron chi connectivity index (χ2n) is 4.82. The van der Waals surface area contributed by atoms with Crippen LogP contribution in [0.3, 0.4) is 0 Å². The van der Waals surface area contributed by atoms with Crippen molar-refractivity contribution in [2.24, 2.45) is 0 Å². The van der Waals surface area contributed by atoms with Crippen molar-refractivity contribution in [1.29, 1.82) is 0 Å². The fraction of sp³-hybridized carbons (Fsp3) is 0.571. The molecule has 3 nitrogen and oxygen atoms in total. The predicted molar refractivity (Wildman–Crippen MR) is 78.8 cm³/mol. The number of nitrogens with one attached hydrogen (secondary N) is 1. The van der Waals surface area contributed by atoms with Crippen molar-refractivity contribution in [3.63, 3.8) is 0 Å². The van der Waals surface area contributed by atoms with Crippen LogP contribution < -0.4 is 10.2 Å². The summed E-state index contributed by atoms with van der Waals surface area (Å²) in [5.74, 6) is 0. The molecule has 0 unspecified atom stereocenters. The molecule has 18 heavy (non-hydrogen) atoms. The molecule has 0 aliphatic carbocycles. The van der Waals surface area contributed by atoms with Crippen molar-refractivity contribution >= 4 is 17.3 Å². The van der Waals surface area contributed by atoms with Gasteiger partial charge in [0.1, 0.15) is 0 Å². The molecular formula is C14H22ClN3. The van der Waals surface area contributed by atoms with Gasteiger partial charge in [-0.3, -0.25) is 4.90 Å². The highest BCUT2D eigenvalue weighted by Gasteiger charge is 2.18. The van der Waals surface area contributed by atoms with E-state index < -0.39 is 0 Å². The Labute approximate surface area is 115 Å². The summed E-state index contributed by atoms with van der Waals surface area (Å²) in [4.78, 5) is 4.95. The van der Waals surface area contributed by atoms with Crippen LogP contribution in [0.4, 0.5) is 5.69 Å². The zero-order valence-electron chi connectivity index (χ0n) is 11.2. The van der Waals surface area contributed by atoms with Crippen LogP contribution in [-0.2, 0) is 0 Å². The van der Waals surface area contributed by atoms with E-state index in [4.69, 9.17) is 11.6 Å². The van der Waals surface area contributed by atoms with Gasteiger partial charge < -0.3 is 10.2 Å². The van der Waals surface area contributed by atoms with Crippen molar-refractivity contribution in [3.8, 4) is 0 Å². The van der Waals surface area contributed by atoms with Crippen molar-refractivity contribution in [2.75, 3.05) is 51.2 Å². The summed E-state index contributed by atoms with van der Waals surface area (Å²) in [6, 6.07) is 6.17. The third-order valence-corrected chi connectivity index (χ3v) is 4.04. The van der Waals surface area contributed by atoms with E-state index in [1.807, 2.05) is 19.2 Å². The molecule has 0 radical (unpaired) electrons. The number of nitrogens with zero attached hydrogens (tertiary/aromatic N) is 2. The van der Waals surface area contributed by atoms with Crippen molar-refractivity contribution in [2.45, 2.75) is 6.92 Å². The molecule has 1 aromatic rings. The van der Waals surface area contributed by atoms with Crippen LogP contribution in [0.15, 0.2) is 18.2 Å². The van der Waals surface area contributed by atoms with Gasteiger partial charge in [0.2, 0.25) is 0 Å². The summed E-state index contributed by atoms with van der Waals surface area (Å²) in [5, 5.41) is 4.07. The summed E-state index contributed by atoms with van der Waals surface area (Å²) in [6.45, 7) is 8.75. The summed E-state index contributed by atoms with van der Waals surface area (Å²) < 4.78 is 0. The topological polar surface area (TPSA) is 18.5 Å². The van der Waals surface area contributed by atoms with Gasteiger partial charge in [0, 0.05) is 50.0 Å². The van der Waals surface area contributed by atoms with E-state index in [1.165, 1.54) is 11.3 Å². The number of piperazine rings is 1. The predicted octanol–water partition coefficient (Wildman–Crippen LogP) is 1.99. The normalized spacial score (nSPS) is 17.2. The Hall–Kier alpha value is -0.770. The van der Waals surface area contributed by atoms with Gasteiger partial charge in [0.15, 0.2) is 0 Å². The Bertz CT molecular complexity index is 387. The third-order valence-electron chi connectivity index (χ3n) is 3.63. The first-order chi connectivity index (χ1) is 8.72. The molecule has 0 spiro atoms. The largest absolute Gasteiger partial charge is 0.369 e. The molecule has 1 saturated heterocycles. The van der Waals surface area contributed by atoms with Crippen LogP contribution in [0.25, 0.3) is 0 Å². The average Bonchev–Trinajstić information content (AvgIpc) is 2.40. The highest BCUT2D eigenvalue weighted by atomic mass is 35.5. The number of rotatable bonds is 4. The Kier molecular flexibility index (Phi) is 4.87. The number of hydrogen-bond donors (Lipinski definition) is 1. The molecule has 1 fully saturated rings. The van der Waals surface area contributed by atoms with E-state index in [2.05, 4.69) is 28.1 Å². The van der Waals surface area contributed by atoms with E-state index in [0.29, 0.717) is 0 Å². The number of likely N-dealkylation sites (N-methyl/N-ethyl adjacent to an activating group) is 1. The molecule has 4 heteroatoms. The summed E-state index contributed by atoms with van der Waals surface area (Å²) in [5.41, 5.74) is 2.48. The molecule has 2 rings (SSSR count). The minimum absolute atomic E-state index is 0.866. The van der Waals surface area contributed by atoms with E-state index in [1.54, 1.807) is 0 Å². The Morgan fingerprint density at radius 1 is 1.22 bits per heavy atom. The molecule has 1 aliphatic heterocycles. The van der Waals surface area contributed by atoms with Gasteiger partial charge in [-0.15, -0.1) is 0 Å². The molecule has 1 aromatic carbocycles. The minimum atomic E-state index is 0.866. The first kappa shape index (κ1) is 13.7. The van der Waals surface area contributed by atoms with E-state index in [9.17, 15) is 0 Å². The number of halogens is 1. The molecule has 0 atom stereocenters. The molecular weight excluding hydrogens is 246 g/mol. The molecule has 1 heterocycles. The number of benzene rings is 1. The van der Waals surface area contributed by atoms with Gasteiger partial charge in [0.05, 0.1) is 0 Å². The van der Waals surface area contributed by atoms with Crippen molar-refractivity contribution < 1.29 is 0 Å². The van der Waals surface area contributed by atoms with E-state index in [-0.39, 0.29) is 0 Å². The molecule has 1 aliphatic rings. The van der Waals surface area contributed by atoms with Crippen LogP contribution in [-0.4, -0.2) is 51.2 Å². The minimum Gasteiger partial charge on any atom is -0.369 e. The lowest BCUT2D eigenvalue weighted by Crippen LogP contribution is -2.48. The highest BCUT2D eigenvalue weighted by molar-refractivity contribution is 6.31. The molecule has 100 valence electrons. The zero-order valence-corrected chi connectivity index (χ0v) is 12.0. The quantitative estimate of drug-likeness (QED) is 0.900. The maximum absolute atomic E-state index is 6.18. The number of hydrogen-bond acceptors (Lipinski definition) is 3. The zero-order chi connectivity index (χ0) is 13.0. The lowest BCUT2D eigenvalue weighted by atomic mass is 10.1. The van der Waals surface area contributed by atoms with Crippen LogP contribution in [0.2, 0.25) is 5.02 Å². The molecule has 0 amide bonds. The van der Waals surface area contributed by atoms with E-state index in [0.717, 1.165) is 44.3 Å². The lowest BCUT2D eigenvalue weighted by molar-refractivity contribution is 0.259. The SMILES string of the molecule is CNCCN1CCN(c2cccc(Cl)c2C)CC1. The first-order valence-corrected chi connectivity index (χ1v) is 6.97. The van der Waals surface area contributed by atoms with E-state index >= 15 is 0 Å². The third kappa shape index (κ3) is 3.16. The summed E-state index contributed by atoms with van der Waals surface area (Å²) in [6.07, 6.45) is 0. The fourth-order valence-electron chi connectivity index (χ4n) is 2.42. The average molecular weight is 268 g/mol. The van der Waals surface area contributed by atoms with Crippen LogP contribution in [0.5, 0.6) is 0 Å². The second-order valence-corrected chi connectivity index (χ2v) is 5.22. The van der Waals surface area contributed by atoms with Crippen molar-refractivity contribution in [1.82, 2.24) is 10.2 Å². The molecule has 1 N–H and O–H groups in total. The molecule has 0 bridgehead atoms. The fourth-order valence-corrected chi connectivity index (χ4v) is 2.59. The van der Waals surface area contributed by atoms with Crippen molar-refractivity contribution in [3.05, 3.63) is 28.8 Å². The Morgan fingerprint density at radius 3 is 2.61 bits per heavy atom. The maximum Gasteiger partial charge on any atom is 0.0455 e. The number of anilines is 1. The maximum atomic E-state index is 6.18. The van der Waals surface area contributed by atoms with Gasteiger partial charge in [0.25, 0.3) is 0 Å². The smallest absolute Gasteiger partial charge is 0.0455 e. The monoisotopic (exact) mass is 267 g/mol. The van der Waals surface area contributed by atoms with Gasteiger partial charge >= 0.3 is 0 Å². The highest BCUT2D eigenvalue weighted by Crippen LogP contribution is 2.27. The summed E-state index contributed by atoms with van der Waals surface area (Å²) in [7, 11) is 2.01.